The predicted octanol–water partition coefficient (Wildman–Crippen LogP) is 0.485. The average molecular weight is 182 g/mol. The Balaban J connectivity index is 4.38. The van der Waals surface area contributed by atoms with Crippen LogP contribution in [-0.2, 0) is 10.1 Å². The largest absolute Gasteiger partial charge is 0.375 e. The van der Waals surface area contributed by atoms with Crippen molar-refractivity contribution in [3.05, 3.63) is 0 Å². The van der Waals surface area contributed by atoms with E-state index in [0.717, 1.165) is 0 Å². The van der Waals surface area contributed by atoms with E-state index in [2.05, 4.69) is 0 Å². The Morgan fingerprint density at radius 2 is 1.55 bits per heavy atom. The standard InChI is InChI=1S/C6H14O4S/c1-4(2)5(3)6(7)11(8,9)10/h4-7H,1-3H3,(H,8,9,10). The lowest BCUT2D eigenvalue weighted by Crippen LogP contribution is -2.30. The summed E-state index contributed by atoms with van der Waals surface area (Å²) in [6, 6.07) is 0. The van der Waals surface area contributed by atoms with Crippen LogP contribution in [0.2, 0.25) is 0 Å². The van der Waals surface area contributed by atoms with Crippen molar-refractivity contribution in [3.63, 3.8) is 0 Å². The molecule has 2 N–H and O–H groups in total. The van der Waals surface area contributed by atoms with Gasteiger partial charge in [-0.15, -0.1) is 0 Å². The lowest BCUT2D eigenvalue weighted by molar-refractivity contribution is 0.149. The van der Waals surface area contributed by atoms with E-state index in [4.69, 9.17) is 9.66 Å². The van der Waals surface area contributed by atoms with E-state index in [9.17, 15) is 8.42 Å². The van der Waals surface area contributed by atoms with Crippen molar-refractivity contribution >= 4 is 10.1 Å². The summed E-state index contributed by atoms with van der Waals surface area (Å²) in [7, 11) is -4.29. The van der Waals surface area contributed by atoms with Crippen molar-refractivity contribution in [2.45, 2.75) is 26.2 Å². The minimum atomic E-state index is -4.29. The molecule has 0 aromatic carbocycles. The van der Waals surface area contributed by atoms with Gasteiger partial charge in [-0.1, -0.05) is 20.8 Å². The number of aliphatic hydroxyl groups is 1. The highest BCUT2D eigenvalue weighted by atomic mass is 32.2. The fourth-order valence-electron chi connectivity index (χ4n) is 0.601. The molecule has 0 amide bonds. The third-order valence-corrected chi connectivity index (χ3v) is 2.85. The molecule has 68 valence electrons. The topological polar surface area (TPSA) is 74.6 Å². The first-order valence-corrected chi connectivity index (χ1v) is 4.91. The van der Waals surface area contributed by atoms with Gasteiger partial charge in [0.2, 0.25) is 0 Å². The summed E-state index contributed by atoms with van der Waals surface area (Å²) in [6.07, 6.45) is 0. The minimum Gasteiger partial charge on any atom is -0.375 e. The van der Waals surface area contributed by atoms with Crippen LogP contribution in [0.4, 0.5) is 0 Å². The number of hydrogen-bond donors (Lipinski definition) is 2. The Bertz CT molecular complexity index is 207. The predicted molar refractivity (Wildman–Crippen MR) is 41.6 cm³/mol. The first kappa shape index (κ1) is 10.9. The van der Waals surface area contributed by atoms with E-state index < -0.39 is 21.5 Å². The summed E-state index contributed by atoms with van der Waals surface area (Å²) >= 11 is 0. The van der Waals surface area contributed by atoms with Crippen LogP contribution in [0.1, 0.15) is 20.8 Å². The molecule has 0 aliphatic rings. The molecule has 2 unspecified atom stereocenters. The van der Waals surface area contributed by atoms with Gasteiger partial charge < -0.3 is 5.11 Å². The minimum absolute atomic E-state index is 0.0203. The van der Waals surface area contributed by atoms with Crippen LogP contribution >= 0.6 is 0 Å². The van der Waals surface area contributed by atoms with Gasteiger partial charge in [-0.05, 0) is 5.92 Å². The summed E-state index contributed by atoms with van der Waals surface area (Å²) in [6.45, 7) is 5.13. The molecule has 0 aromatic rings. The Morgan fingerprint density at radius 3 is 1.64 bits per heavy atom. The van der Waals surface area contributed by atoms with E-state index in [1.54, 1.807) is 20.8 Å². The monoisotopic (exact) mass is 182 g/mol. The Kier molecular flexibility index (Phi) is 3.47. The molecule has 0 aromatic heterocycles. The fraction of sp³-hybridized carbons (Fsp3) is 1.00. The molecule has 0 radical (unpaired) electrons. The van der Waals surface area contributed by atoms with E-state index in [1.807, 2.05) is 0 Å². The zero-order valence-corrected chi connectivity index (χ0v) is 7.67. The fourth-order valence-corrected chi connectivity index (χ4v) is 1.46. The zero-order valence-electron chi connectivity index (χ0n) is 6.85. The van der Waals surface area contributed by atoms with Gasteiger partial charge in [0, 0.05) is 5.92 Å². The molecule has 0 aliphatic carbocycles. The molecule has 0 rings (SSSR count). The van der Waals surface area contributed by atoms with E-state index in [-0.39, 0.29) is 5.92 Å². The molecule has 0 aliphatic heterocycles. The molecule has 0 fully saturated rings. The van der Waals surface area contributed by atoms with Crippen LogP contribution in [0, 0.1) is 11.8 Å². The molecule has 0 bridgehead atoms. The van der Waals surface area contributed by atoms with Crippen LogP contribution in [0.15, 0.2) is 0 Å². The molecule has 4 nitrogen and oxygen atoms in total. The van der Waals surface area contributed by atoms with Crippen molar-refractivity contribution in [2.24, 2.45) is 11.8 Å². The van der Waals surface area contributed by atoms with Crippen LogP contribution in [-0.4, -0.2) is 23.5 Å². The lowest BCUT2D eigenvalue weighted by Gasteiger charge is -2.19. The van der Waals surface area contributed by atoms with Gasteiger partial charge in [-0.25, -0.2) is 0 Å². The second-order valence-electron chi connectivity index (χ2n) is 3.01. The average Bonchev–Trinajstić information content (AvgIpc) is 1.82. The molecular formula is C6H14O4S. The molecule has 0 heterocycles. The quantitative estimate of drug-likeness (QED) is 0.623. The van der Waals surface area contributed by atoms with E-state index in [0.29, 0.717) is 0 Å². The normalized spacial score (nSPS) is 18.4. The van der Waals surface area contributed by atoms with Gasteiger partial charge in [-0.2, -0.15) is 8.42 Å². The van der Waals surface area contributed by atoms with E-state index >= 15 is 0 Å². The van der Waals surface area contributed by atoms with Crippen molar-refractivity contribution in [2.75, 3.05) is 0 Å². The molecule has 5 heteroatoms. The number of aliphatic hydroxyl groups excluding tert-OH is 1. The maximum atomic E-state index is 10.4. The first-order chi connectivity index (χ1) is 4.76. The molecular weight excluding hydrogens is 168 g/mol. The first-order valence-electron chi connectivity index (χ1n) is 3.41. The Morgan fingerprint density at radius 1 is 1.18 bits per heavy atom. The van der Waals surface area contributed by atoms with Crippen molar-refractivity contribution < 1.29 is 18.1 Å². The van der Waals surface area contributed by atoms with Gasteiger partial charge in [0.15, 0.2) is 5.44 Å². The van der Waals surface area contributed by atoms with Gasteiger partial charge >= 0.3 is 0 Å². The second kappa shape index (κ2) is 3.51. The van der Waals surface area contributed by atoms with Gasteiger partial charge in [-0.3, -0.25) is 4.55 Å². The van der Waals surface area contributed by atoms with Crippen LogP contribution in [0.3, 0.4) is 0 Å². The summed E-state index contributed by atoms with van der Waals surface area (Å²) in [5, 5.41) is 8.99. The van der Waals surface area contributed by atoms with Crippen LogP contribution in [0.5, 0.6) is 0 Å². The van der Waals surface area contributed by atoms with Crippen LogP contribution in [0.25, 0.3) is 0 Å². The smallest absolute Gasteiger partial charge is 0.292 e. The maximum Gasteiger partial charge on any atom is 0.292 e. The summed E-state index contributed by atoms with van der Waals surface area (Å²) in [4.78, 5) is 0. The van der Waals surface area contributed by atoms with Crippen molar-refractivity contribution in [1.29, 1.82) is 0 Å². The summed E-state index contributed by atoms with van der Waals surface area (Å²) in [5.74, 6) is -0.433. The Hall–Kier alpha value is -0.130. The van der Waals surface area contributed by atoms with Gasteiger partial charge in [0.1, 0.15) is 0 Å². The third kappa shape index (κ3) is 3.18. The highest BCUT2D eigenvalue weighted by Crippen LogP contribution is 2.17. The van der Waals surface area contributed by atoms with Crippen molar-refractivity contribution in [3.8, 4) is 0 Å². The highest BCUT2D eigenvalue weighted by Gasteiger charge is 2.28. The molecule has 0 spiro atoms. The SMILES string of the molecule is CC(C)C(C)C(O)S(=O)(=O)O. The highest BCUT2D eigenvalue weighted by molar-refractivity contribution is 7.86. The Labute approximate surface area is 67.0 Å². The maximum absolute atomic E-state index is 10.4. The van der Waals surface area contributed by atoms with Crippen molar-refractivity contribution in [1.82, 2.24) is 0 Å². The molecule has 11 heavy (non-hydrogen) atoms. The molecule has 0 saturated carbocycles. The third-order valence-electron chi connectivity index (χ3n) is 1.81. The van der Waals surface area contributed by atoms with E-state index in [1.165, 1.54) is 0 Å². The zero-order chi connectivity index (χ0) is 9.23. The molecule has 0 saturated heterocycles. The number of rotatable bonds is 3. The second-order valence-corrected chi connectivity index (χ2v) is 4.52. The molecule has 2 atom stereocenters. The van der Waals surface area contributed by atoms with Gasteiger partial charge in [0.05, 0.1) is 0 Å². The summed E-state index contributed by atoms with van der Waals surface area (Å²) in [5.41, 5.74) is -1.66. The lowest BCUT2D eigenvalue weighted by atomic mass is 9.99. The van der Waals surface area contributed by atoms with Gasteiger partial charge in [0.25, 0.3) is 10.1 Å². The van der Waals surface area contributed by atoms with Crippen LogP contribution < -0.4 is 0 Å². The summed E-state index contributed by atoms with van der Waals surface area (Å²) < 4.78 is 29.2. The number of hydrogen-bond acceptors (Lipinski definition) is 3.